The third-order valence-corrected chi connectivity index (χ3v) is 2.93. The van der Waals surface area contributed by atoms with E-state index in [-0.39, 0.29) is 11.7 Å². The van der Waals surface area contributed by atoms with Crippen molar-refractivity contribution in [1.29, 1.82) is 0 Å². The molecule has 0 aliphatic heterocycles. The molecule has 1 aromatic rings. The van der Waals surface area contributed by atoms with Crippen LogP contribution in [0.5, 0.6) is 0 Å². The smallest absolute Gasteiger partial charge is 0.225 e. The molecule has 0 aliphatic rings. The summed E-state index contributed by atoms with van der Waals surface area (Å²) in [7, 11) is 0. The van der Waals surface area contributed by atoms with E-state index in [2.05, 4.69) is 26.6 Å². The number of hydrogen-bond donors (Lipinski definition) is 2. The average molecular weight is 303 g/mol. The van der Waals surface area contributed by atoms with Gasteiger partial charge in [0, 0.05) is 18.7 Å². The molecular formula is C12H16BrFN2O. The molecule has 0 aliphatic carbocycles. The van der Waals surface area contributed by atoms with Crippen LogP contribution in [-0.2, 0) is 4.79 Å². The Morgan fingerprint density at radius 1 is 1.47 bits per heavy atom. The van der Waals surface area contributed by atoms with Crippen LogP contribution in [-0.4, -0.2) is 19.0 Å². The number of carbonyl (C=O) groups is 1. The lowest BCUT2D eigenvalue weighted by molar-refractivity contribution is -0.116. The van der Waals surface area contributed by atoms with Crippen molar-refractivity contribution in [2.45, 2.75) is 20.3 Å². The number of amides is 1. The summed E-state index contributed by atoms with van der Waals surface area (Å²) in [6, 6.07) is 2.97. The average Bonchev–Trinajstić information content (AvgIpc) is 2.26. The first kappa shape index (κ1) is 14.1. The Kier molecular flexibility index (Phi) is 5.58. The standard InChI is InChI=1S/C12H16BrFN2O/c1-3-15-5-4-12(17)16-11-7-9(13)10(14)6-8(11)2/h6-7,15H,3-5H2,1-2H3,(H,16,17). The molecule has 0 radical (unpaired) electrons. The normalized spacial score (nSPS) is 10.4. The molecule has 2 N–H and O–H groups in total. The third-order valence-electron chi connectivity index (χ3n) is 2.32. The highest BCUT2D eigenvalue weighted by molar-refractivity contribution is 9.10. The second-order valence-electron chi connectivity index (χ2n) is 3.73. The quantitative estimate of drug-likeness (QED) is 0.821. The highest BCUT2D eigenvalue weighted by Gasteiger charge is 2.08. The predicted octanol–water partition coefficient (Wildman–Crippen LogP) is 2.83. The summed E-state index contributed by atoms with van der Waals surface area (Å²) in [6.45, 7) is 5.23. The van der Waals surface area contributed by atoms with Crippen molar-refractivity contribution in [2.75, 3.05) is 18.4 Å². The van der Waals surface area contributed by atoms with Crippen molar-refractivity contribution in [3.05, 3.63) is 28.0 Å². The highest BCUT2D eigenvalue weighted by atomic mass is 79.9. The minimum Gasteiger partial charge on any atom is -0.326 e. The van der Waals surface area contributed by atoms with E-state index in [1.54, 1.807) is 13.0 Å². The molecule has 0 bridgehead atoms. The number of halogens is 2. The minimum absolute atomic E-state index is 0.0763. The molecule has 3 nitrogen and oxygen atoms in total. The largest absolute Gasteiger partial charge is 0.326 e. The summed E-state index contributed by atoms with van der Waals surface area (Å²) in [6.07, 6.45) is 0.405. The summed E-state index contributed by atoms with van der Waals surface area (Å²) in [5.41, 5.74) is 1.35. The first-order valence-electron chi connectivity index (χ1n) is 5.50. The molecule has 0 unspecified atom stereocenters. The fourth-order valence-electron chi connectivity index (χ4n) is 1.37. The fourth-order valence-corrected chi connectivity index (χ4v) is 1.72. The van der Waals surface area contributed by atoms with E-state index in [0.717, 1.165) is 6.54 Å². The third kappa shape index (κ3) is 4.44. The molecule has 0 saturated carbocycles. The van der Waals surface area contributed by atoms with Crippen LogP contribution >= 0.6 is 15.9 Å². The maximum atomic E-state index is 13.2. The molecule has 1 rings (SSSR count). The molecule has 0 spiro atoms. The molecule has 94 valence electrons. The zero-order valence-electron chi connectivity index (χ0n) is 9.94. The number of benzene rings is 1. The summed E-state index contributed by atoms with van der Waals surface area (Å²) in [5.74, 6) is -0.402. The van der Waals surface area contributed by atoms with Crippen molar-refractivity contribution in [2.24, 2.45) is 0 Å². The van der Waals surface area contributed by atoms with Crippen molar-refractivity contribution in [3.8, 4) is 0 Å². The van der Waals surface area contributed by atoms with Crippen molar-refractivity contribution < 1.29 is 9.18 Å². The molecule has 0 heterocycles. The van der Waals surface area contributed by atoms with Gasteiger partial charge in [-0.3, -0.25) is 4.79 Å². The Labute approximate surface area is 109 Å². The van der Waals surface area contributed by atoms with Crippen LogP contribution in [0, 0.1) is 12.7 Å². The molecule has 0 atom stereocenters. The Hall–Kier alpha value is -0.940. The van der Waals surface area contributed by atoms with Gasteiger partial charge in [-0.2, -0.15) is 0 Å². The second-order valence-corrected chi connectivity index (χ2v) is 4.59. The molecule has 0 saturated heterocycles. The van der Waals surface area contributed by atoms with Gasteiger partial charge < -0.3 is 10.6 Å². The summed E-state index contributed by atoms with van der Waals surface area (Å²) < 4.78 is 13.5. The van der Waals surface area contributed by atoms with Crippen molar-refractivity contribution >= 4 is 27.5 Å². The van der Waals surface area contributed by atoms with Gasteiger partial charge in [-0.15, -0.1) is 0 Å². The molecule has 5 heteroatoms. The Bertz CT molecular complexity index is 410. The van der Waals surface area contributed by atoms with Crippen LogP contribution in [0.15, 0.2) is 16.6 Å². The SMILES string of the molecule is CCNCCC(=O)Nc1cc(Br)c(F)cc1C. The highest BCUT2D eigenvalue weighted by Crippen LogP contribution is 2.24. The first-order chi connectivity index (χ1) is 8.04. The van der Waals surface area contributed by atoms with E-state index in [9.17, 15) is 9.18 Å². The van der Waals surface area contributed by atoms with Crippen LogP contribution in [0.25, 0.3) is 0 Å². The monoisotopic (exact) mass is 302 g/mol. The van der Waals surface area contributed by atoms with Gasteiger partial charge in [-0.25, -0.2) is 4.39 Å². The molecule has 17 heavy (non-hydrogen) atoms. The zero-order valence-corrected chi connectivity index (χ0v) is 11.5. The number of aryl methyl sites for hydroxylation is 1. The van der Waals surface area contributed by atoms with E-state index in [4.69, 9.17) is 0 Å². The molecule has 0 fully saturated rings. The van der Waals surface area contributed by atoms with Crippen LogP contribution in [0.3, 0.4) is 0 Å². The van der Waals surface area contributed by atoms with Crippen molar-refractivity contribution in [1.82, 2.24) is 5.32 Å². The lowest BCUT2D eigenvalue weighted by Gasteiger charge is -2.09. The Morgan fingerprint density at radius 3 is 2.82 bits per heavy atom. The zero-order chi connectivity index (χ0) is 12.8. The van der Waals surface area contributed by atoms with Gasteiger partial charge in [0.1, 0.15) is 5.82 Å². The maximum Gasteiger partial charge on any atom is 0.225 e. The number of carbonyl (C=O) groups excluding carboxylic acids is 1. The van der Waals surface area contributed by atoms with Crippen LogP contribution < -0.4 is 10.6 Å². The summed E-state index contributed by atoms with van der Waals surface area (Å²) >= 11 is 3.10. The predicted molar refractivity (Wildman–Crippen MR) is 70.6 cm³/mol. The number of anilines is 1. The van der Waals surface area contributed by atoms with Gasteiger partial charge in [0.25, 0.3) is 0 Å². The van der Waals surface area contributed by atoms with E-state index < -0.39 is 0 Å². The van der Waals surface area contributed by atoms with Gasteiger partial charge >= 0.3 is 0 Å². The lowest BCUT2D eigenvalue weighted by atomic mass is 10.2. The molecular weight excluding hydrogens is 287 g/mol. The minimum atomic E-state index is -0.326. The topological polar surface area (TPSA) is 41.1 Å². The van der Waals surface area contributed by atoms with Gasteiger partial charge in [0.05, 0.1) is 4.47 Å². The molecule has 1 aromatic carbocycles. The first-order valence-corrected chi connectivity index (χ1v) is 6.30. The van der Waals surface area contributed by atoms with E-state index in [0.29, 0.717) is 28.7 Å². The van der Waals surface area contributed by atoms with Gasteiger partial charge in [0.2, 0.25) is 5.91 Å². The second kappa shape index (κ2) is 6.71. The van der Waals surface area contributed by atoms with Crippen molar-refractivity contribution in [3.63, 3.8) is 0 Å². The number of rotatable bonds is 5. The van der Waals surface area contributed by atoms with Crippen LogP contribution in [0.1, 0.15) is 18.9 Å². The number of hydrogen-bond acceptors (Lipinski definition) is 2. The Balaban J connectivity index is 2.62. The Morgan fingerprint density at radius 2 is 2.18 bits per heavy atom. The van der Waals surface area contributed by atoms with Crippen LogP contribution in [0.4, 0.5) is 10.1 Å². The lowest BCUT2D eigenvalue weighted by Crippen LogP contribution is -2.21. The summed E-state index contributed by atoms with van der Waals surface area (Å²) in [5, 5.41) is 5.83. The van der Waals surface area contributed by atoms with E-state index >= 15 is 0 Å². The van der Waals surface area contributed by atoms with E-state index in [1.165, 1.54) is 6.07 Å². The van der Waals surface area contributed by atoms with Gasteiger partial charge in [0.15, 0.2) is 0 Å². The van der Waals surface area contributed by atoms with E-state index in [1.807, 2.05) is 6.92 Å². The molecule has 0 aromatic heterocycles. The van der Waals surface area contributed by atoms with Gasteiger partial charge in [-0.1, -0.05) is 6.92 Å². The fraction of sp³-hybridized carbons (Fsp3) is 0.417. The summed E-state index contributed by atoms with van der Waals surface area (Å²) in [4.78, 5) is 11.6. The number of nitrogens with one attached hydrogen (secondary N) is 2. The maximum absolute atomic E-state index is 13.2. The molecule has 1 amide bonds. The van der Waals surface area contributed by atoms with Gasteiger partial charge in [-0.05, 0) is 47.1 Å². The van der Waals surface area contributed by atoms with Crippen LogP contribution in [0.2, 0.25) is 0 Å².